The summed E-state index contributed by atoms with van der Waals surface area (Å²) in [6.07, 6.45) is 4.05. The second kappa shape index (κ2) is 9.65. The third-order valence-corrected chi connectivity index (χ3v) is 5.49. The molecular formula is C23H21ClN4O4. The maximum absolute atomic E-state index is 12.8. The fourth-order valence-corrected chi connectivity index (χ4v) is 3.61. The van der Waals surface area contributed by atoms with Crippen molar-refractivity contribution in [3.63, 3.8) is 0 Å². The van der Waals surface area contributed by atoms with E-state index in [-0.39, 0.29) is 29.4 Å². The minimum absolute atomic E-state index is 0.105. The van der Waals surface area contributed by atoms with Gasteiger partial charge in [-0.25, -0.2) is 4.98 Å². The monoisotopic (exact) mass is 452 g/mol. The summed E-state index contributed by atoms with van der Waals surface area (Å²) in [5.41, 5.74) is 1.09. The predicted molar refractivity (Wildman–Crippen MR) is 120 cm³/mol. The van der Waals surface area contributed by atoms with Gasteiger partial charge in [-0.05, 0) is 61.4 Å². The molecule has 1 saturated heterocycles. The third kappa shape index (κ3) is 5.15. The van der Waals surface area contributed by atoms with Crippen LogP contribution in [0.2, 0.25) is 5.02 Å². The van der Waals surface area contributed by atoms with Gasteiger partial charge in [-0.3, -0.25) is 14.4 Å². The minimum atomic E-state index is -0.358. The van der Waals surface area contributed by atoms with Crippen molar-refractivity contribution in [3.05, 3.63) is 77.3 Å². The summed E-state index contributed by atoms with van der Waals surface area (Å²) in [5, 5.41) is 6.01. The molecule has 1 aromatic carbocycles. The van der Waals surface area contributed by atoms with E-state index in [0.717, 1.165) is 0 Å². The van der Waals surface area contributed by atoms with Crippen LogP contribution in [0.25, 0.3) is 0 Å². The van der Waals surface area contributed by atoms with E-state index in [2.05, 4.69) is 15.6 Å². The first-order chi connectivity index (χ1) is 15.5. The third-order valence-electron chi connectivity index (χ3n) is 5.27. The van der Waals surface area contributed by atoms with Crippen molar-refractivity contribution in [3.8, 4) is 0 Å². The Hall–Kier alpha value is -3.65. The molecule has 0 unspecified atom stereocenters. The molecule has 3 aromatic rings. The molecule has 3 heterocycles. The topological polar surface area (TPSA) is 105 Å². The largest absolute Gasteiger partial charge is 0.459 e. The smallest absolute Gasteiger partial charge is 0.291 e. The number of nitrogens with zero attached hydrogens (tertiary/aromatic N) is 2. The number of amides is 3. The van der Waals surface area contributed by atoms with Crippen LogP contribution in [-0.2, 0) is 4.79 Å². The molecule has 8 nitrogen and oxygen atoms in total. The summed E-state index contributed by atoms with van der Waals surface area (Å²) in [6, 6.07) is 13.2. The Bertz CT molecular complexity index is 1090. The summed E-state index contributed by atoms with van der Waals surface area (Å²) in [4.78, 5) is 43.1. The number of nitrogens with one attached hydrogen (secondary N) is 2. The van der Waals surface area contributed by atoms with Crippen LogP contribution in [0.5, 0.6) is 0 Å². The van der Waals surface area contributed by atoms with Gasteiger partial charge in [-0.15, -0.1) is 0 Å². The Morgan fingerprint density at radius 3 is 2.38 bits per heavy atom. The first-order valence-corrected chi connectivity index (χ1v) is 10.5. The maximum atomic E-state index is 12.8. The van der Waals surface area contributed by atoms with Crippen LogP contribution in [0.3, 0.4) is 0 Å². The number of furan rings is 1. The number of pyridine rings is 1. The summed E-state index contributed by atoms with van der Waals surface area (Å²) < 4.78 is 5.06. The van der Waals surface area contributed by atoms with E-state index in [0.29, 0.717) is 48.0 Å². The molecule has 2 N–H and O–H groups in total. The molecule has 9 heteroatoms. The number of likely N-dealkylation sites (tertiary alicyclic amines) is 1. The van der Waals surface area contributed by atoms with Crippen LogP contribution in [0.15, 0.2) is 65.4 Å². The van der Waals surface area contributed by atoms with Gasteiger partial charge in [-0.2, -0.15) is 0 Å². The fraction of sp³-hybridized carbons (Fsp3) is 0.217. The lowest BCUT2D eigenvalue weighted by atomic mass is 9.95. The van der Waals surface area contributed by atoms with Gasteiger partial charge >= 0.3 is 0 Å². The number of rotatable bonds is 5. The highest BCUT2D eigenvalue weighted by Gasteiger charge is 2.28. The van der Waals surface area contributed by atoms with Gasteiger partial charge < -0.3 is 20.0 Å². The molecule has 4 rings (SSSR count). The maximum Gasteiger partial charge on any atom is 0.291 e. The van der Waals surface area contributed by atoms with Gasteiger partial charge in [0, 0.05) is 36.5 Å². The first-order valence-electron chi connectivity index (χ1n) is 10.2. The zero-order valence-corrected chi connectivity index (χ0v) is 17.8. The van der Waals surface area contributed by atoms with E-state index in [1.54, 1.807) is 53.4 Å². The number of aromatic nitrogens is 1. The van der Waals surface area contributed by atoms with Crippen molar-refractivity contribution in [1.29, 1.82) is 0 Å². The van der Waals surface area contributed by atoms with Crippen LogP contribution < -0.4 is 10.6 Å². The molecule has 0 radical (unpaired) electrons. The lowest BCUT2D eigenvalue weighted by molar-refractivity contribution is -0.121. The highest BCUT2D eigenvalue weighted by Crippen LogP contribution is 2.22. The molecule has 164 valence electrons. The van der Waals surface area contributed by atoms with Crippen LogP contribution in [-0.4, -0.2) is 40.7 Å². The lowest BCUT2D eigenvalue weighted by Gasteiger charge is -2.31. The Morgan fingerprint density at radius 1 is 1.00 bits per heavy atom. The van der Waals surface area contributed by atoms with E-state index >= 15 is 0 Å². The van der Waals surface area contributed by atoms with Crippen molar-refractivity contribution in [2.75, 3.05) is 23.7 Å². The van der Waals surface area contributed by atoms with Gasteiger partial charge in [-0.1, -0.05) is 11.6 Å². The van der Waals surface area contributed by atoms with E-state index in [1.165, 1.54) is 12.5 Å². The molecule has 1 aliphatic rings. The molecule has 32 heavy (non-hydrogen) atoms. The highest BCUT2D eigenvalue weighted by molar-refractivity contribution is 6.30. The second-order valence-electron chi connectivity index (χ2n) is 7.43. The van der Waals surface area contributed by atoms with Crippen molar-refractivity contribution in [2.45, 2.75) is 12.8 Å². The minimum Gasteiger partial charge on any atom is -0.459 e. The molecule has 0 aliphatic carbocycles. The van der Waals surface area contributed by atoms with Gasteiger partial charge in [0.2, 0.25) is 5.91 Å². The number of piperidine rings is 1. The van der Waals surface area contributed by atoms with E-state index < -0.39 is 0 Å². The molecule has 0 spiro atoms. The Balaban J connectivity index is 1.28. The zero-order chi connectivity index (χ0) is 22.5. The number of carbonyl (C=O) groups excluding carboxylic acids is 3. The summed E-state index contributed by atoms with van der Waals surface area (Å²) in [6.45, 7) is 0.976. The average molecular weight is 453 g/mol. The number of carbonyl (C=O) groups is 3. The zero-order valence-electron chi connectivity index (χ0n) is 17.1. The van der Waals surface area contributed by atoms with Crippen molar-refractivity contribution in [1.82, 2.24) is 9.88 Å². The average Bonchev–Trinajstić information content (AvgIpc) is 3.36. The van der Waals surface area contributed by atoms with E-state index in [4.69, 9.17) is 16.0 Å². The molecule has 0 bridgehead atoms. The summed E-state index contributed by atoms with van der Waals surface area (Å²) in [5.74, 6) is -0.0873. The van der Waals surface area contributed by atoms with Crippen LogP contribution in [0.4, 0.5) is 11.5 Å². The molecule has 1 fully saturated rings. The standard InChI is InChI=1S/C23H21ClN4O4/c24-17-5-8-20(25-14-17)27-21(29)15-9-11-28(12-10-15)23(31)16-3-6-18(7-4-16)26-22(30)19-2-1-13-32-19/h1-8,13-15H,9-12H2,(H,26,30)(H,25,27,29). The normalized spacial score (nSPS) is 14.1. The quantitative estimate of drug-likeness (QED) is 0.607. The van der Waals surface area contributed by atoms with Crippen molar-refractivity contribution < 1.29 is 18.8 Å². The molecule has 0 atom stereocenters. The van der Waals surface area contributed by atoms with Gasteiger partial charge in [0.25, 0.3) is 11.8 Å². The first kappa shape index (κ1) is 21.6. The summed E-state index contributed by atoms with van der Waals surface area (Å²) >= 11 is 5.81. The molecule has 1 aliphatic heterocycles. The molecule has 0 saturated carbocycles. The van der Waals surface area contributed by atoms with E-state index in [9.17, 15) is 14.4 Å². The van der Waals surface area contributed by atoms with Gasteiger partial charge in [0.15, 0.2) is 5.76 Å². The highest BCUT2D eigenvalue weighted by atomic mass is 35.5. The number of benzene rings is 1. The Labute approximate surface area is 189 Å². The SMILES string of the molecule is O=C(Nc1ccc(C(=O)N2CCC(C(=O)Nc3ccc(Cl)cn3)CC2)cc1)c1ccco1. The Kier molecular flexibility index (Phi) is 6.51. The van der Waals surface area contributed by atoms with E-state index in [1.807, 2.05) is 0 Å². The van der Waals surface area contributed by atoms with Crippen LogP contribution in [0.1, 0.15) is 33.8 Å². The lowest BCUT2D eigenvalue weighted by Crippen LogP contribution is -2.41. The number of anilines is 2. The second-order valence-corrected chi connectivity index (χ2v) is 7.86. The summed E-state index contributed by atoms with van der Waals surface area (Å²) in [7, 11) is 0. The Morgan fingerprint density at radius 2 is 1.75 bits per heavy atom. The van der Waals surface area contributed by atoms with Gasteiger partial charge in [0.05, 0.1) is 11.3 Å². The fourth-order valence-electron chi connectivity index (χ4n) is 3.50. The van der Waals surface area contributed by atoms with Crippen LogP contribution >= 0.6 is 11.6 Å². The predicted octanol–water partition coefficient (Wildman–Crippen LogP) is 4.07. The molecule has 2 aromatic heterocycles. The molecular weight excluding hydrogens is 432 g/mol. The van der Waals surface area contributed by atoms with Crippen molar-refractivity contribution in [2.24, 2.45) is 5.92 Å². The number of hydrogen-bond donors (Lipinski definition) is 2. The van der Waals surface area contributed by atoms with Crippen LogP contribution in [0, 0.1) is 5.92 Å². The number of halogens is 1. The van der Waals surface area contributed by atoms with Crippen molar-refractivity contribution >= 4 is 40.8 Å². The number of hydrogen-bond acceptors (Lipinski definition) is 5. The molecule has 3 amide bonds. The van der Waals surface area contributed by atoms with Gasteiger partial charge in [0.1, 0.15) is 5.82 Å².